The first kappa shape index (κ1) is 11.3. The summed E-state index contributed by atoms with van der Waals surface area (Å²) in [4.78, 5) is 3.98. The molecule has 0 spiro atoms. The zero-order chi connectivity index (χ0) is 10.4. The van der Waals surface area contributed by atoms with Gasteiger partial charge in [-0.3, -0.25) is 0 Å². The Kier molecular flexibility index (Phi) is 4.70. The van der Waals surface area contributed by atoms with Gasteiger partial charge in [0.1, 0.15) is 0 Å². The summed E-state index contributed by atoms with van der Waals surface area (Å²) < 4.78 is 4.99. The van der Waals surface area contributed by atoms with Gasteiger partial charge in [0.25, 0.3) is 0 Å². The molecule has 1 unspecified atom stereocenters. The van der Waals surface area contributed by atoms with Crippen LogP contribution in [0.25, 0.3) is 0 Å². The lowest BCUT2D eigenvalue weighted by Crippen LogP contribution is -2.17. The average molecular weight is 215 g/mol. The van der Waals surface area contributed by atoms with E-state index in [1.807, 2.05) is 12.1 Å². The summed E-state index contributed by atoms with van der Waals surface area (Å²) in [5, 5.41) is 3.78. The third-order valence-corrected chi connectivity index (χ3v) is 2.22. The molecule has 14 heavy (non-hydrogen) atoms. The van der Waals surface area contributed by atoms with Crippen LogP contribution in [0.15, 0.2) is 18.3 Å². The van der Waals surface area contributed by atoms with Crippen molar-refractivity contribution in [1.29, 1.82) is 0 Å². The summed E-state index contributed by atoms with van der Waals surface area (Å²) in [6.07, 6.45) is 2.62. The van der Waals surface area contributed by atoms with Crippen LogP contribution in [0.1, 0.15) is 13.3 Å². The lowest BCUT2D eigenvalue weighted by molar-refractivity contribution is 0.191. The van der Waals surface area contributed by atoms with Crippen LogP contribution < -0.4 is 5.32 Å². The number of halogens is 1. The van der Waals surface area contributed by atoms with E-state index in [1.54, 1.807) is 13.3 Å². The summed E-state index contributed by atoms with van der Waals surface area (Å²) in [5.74, 6) is 0. The zero-order valence-electron chi connectivity index (χ0n) is 8.46. The van der Waals surface area contributed by atoms with Gasteiger partial charge in [-0.15, -0.1) is 0 Å². The van der Waals surface area contributed by atoms with Crippen LogP contribution in [0.5, 0.6) is 0 Å². The molecule has 3 nitrogen and oxygen atoms in total. The van der Waals surface area contributed by atoms with Crippen molar-refractivity contribution in [2.24, 2.45) is 0 Å². The molecule has 1 rings (SSSR count). The lowest BCUT2D eigenvalue weighted by Gasteiger charge is -2.14. The molecule has 0 aliphatic carbocycles. The fourth-order valence-electron chi connectivity index (χ4n) is 1.13. The lowest BCUT2D eigenvalue weighted by atomic mass is 10.2. The minimum absolute atomic E-state index is 0.330. The average Bonchev–Trinajstić information content (AvgIpc) is 2.18. The van der Waals surface area contributed by atoms with Gasteiger partial charge < -0.3 is 10.1 Å². The van der Waals surface area contributed by atoms with E-state index in [-0.39, 0.29) is 0 Å². The fourth-order valence-corrected chi connectivity index (χ4v) is 1.30. The van der Waals surface area contributed by atoms with Crippen LogP contribution in [0.4, 0.5) is 5.69 Å². The minimum atomic E-state index is 0.330. The molecule has 0 fully saturated rings. The second-order valence-electron chi connectivity index (χ2n) is 3.17. The Morgan fingerprint density at radius 1 is 1.64 bits per heavy atom. The van der Waals surface area contributed by atoms with Gasteiger partial charge in [0.15, 0.2) is 5.15 Å². The first-order valence-electron chi connectivity index (χ1n) is 4.60. The van der Waals surface area contributed by atoms with Crippen molar-refractivity contribution in [2.75, 3.05) is 19.0 Å². The summed E-state index contributed by atoms with van der Waals surface area (Å²) in [7, 11) is 1.70. The minimum Gasteiger partial charge on any atom is -0.385 e. The number of pyridine rings is 1. The van der Waals surface area contributed by atoms with Gasteiger partial charge in [0.05, 0.1) is 5.69 Å². The highest BCUT2D eigenvalue weighted by Gasteiger charge is 2.04. The predicted molar refractivity (Wildman–Crippen MR) is 58.8 cm³/mol. The quantitative estimate of drug-likeness (QED) is 0.765. The van der Waals surface area contributed by atoms with E-state index in [9.17, 15) is 0 Å². The van der Waals surface area contributed by atoms with E-state index < -0.39 is 0 Å². The van der Waals surface area contributed by atoms with Crippen LogP contribution in [-0.2, 0) is 4.74 Å². The molecular weight excluding hydrogens is 200 g/mol. The highest BCUT2D eigenvalue weighted by atomic mass is 35.5. The molecular formula is C10H15ClN2O. The molecule has 4 heteroatoms. The Morgan fingerprint density at radius 3 is 3.07 bits per heavy atom. The van der Waals surface area contributed by atoms with Gasteiger partial charge in [0, 0.05) is 26.0 Å². The Labute approximate surface area is 89.4 Å². The Balaban J connectivity index is 2.47. The second kappa shape index (κ2) is 5.83. The van der Waals surface area contributed by atoms with E-state index in [0.717, 1.165) is 18.7 Å². The number of hydrogen-bond acceptors (Lipinski definition) is 3. The first-order chi connectivity index (χ1) is 6.74. The number of methoxy groups -OCH3 is 1. The van der Waals surface area contributed by atoms with Crippen molar-refractivity contribution in [2.45, 2.75) is 19.4 Å². The number of nitrogens with one attached hydrogen (secondary N) is 1. The maximum atomic E-state index is 5.90. The largest absolute Gasteiger partial charge is 0.385 e. The van der Waals surface area contributed by atoms with Crippen LogP contribution in [0.2, 0.25) is 5.15 Å². The monoisotopic (exact) mass is 214 g/mol. The standard InChI is InChI=1S/C10H15ClN2O/c1-8(5-7-14-2)13-9-4-3-6-12-10(9)11/h3-4,6,8,13H,5,7H2,1-2H3. The fraction of sp³-hybridized carbons (Fsp3) is 0.500. The molecule has 1 atom stereocenters. The SMILES string of the molecule is COCCC(C)Nc1cccnc1Cl. The maximum Gasteiger partial charge on any atom is 0.152 e. The van der Waals surface area contributed by atoms with Gasteiger partial charge in [0.2, 0.25) is 0 Å². The normalized spacial score (nSPS) is 12.5. The maximum absolute atomic E-state index is 5.90. The molecule has 0 saturated carbocycles. The van der Waals surface area contributed by atoms with Crippen molar-refractivity contribution in [3.8, 4) is 0 Å². The van der Waals surface area contributed by atoms with Crippen LogP contribution in [0, 0.1) is 0 Å². The molecule has 78 valence electrons. The van der Waals surface area contributed by atoms with E-state index >= 15 is 0 Å². The molecule has 0 bridgehead atoms. The molecule has 0 aliphatic rings. The Morgan fingerprint density at radius 2 is 2.43 bits per heavy atom. The Hall–Kier alpha value is -0.800. The third-order valence-electron chi connectivity index (χ3n) is 1.92. The first-order valence-corrected chi connectivity index (χ1v) is 4.98. The van der Waals surface area contributed by atoms with Gasteiger partial charge in [-0.05, 0) is 25.5 Å². The van der Waals surface area contributed by atoms with E-state index in [1.165, 1.54) is 0 Å². The molecule has 1 aromatic rings. The van der Waals surface area contributed by atoms with E-state index in [0.29, 0.717) is 11.2 Å². The Bertz CT molecular complexity index is 281. The van der Waals surface area contributed by atoms with Gasteiger partial charge in [-0.1, -0.05) is 11.6 Å². The summed E-state index contributed by atoms with van der Waals surface area (Å²) in [6.45, 7) is 2.83. The van der Waals surface area contributed by atoms with Gasteiger partial charge >= 0.3 is 0 Å². The van der Waals surface area contributed by atoms with Crippen molar-refractivity contribution in [3.63, 3.8) is 0 Å². The molecule has 0 radical (unpaired) electrons. The molecule has 0 saturated heterocycles. The molecule has 1 N–H and O–H groups in total. The van der Waals surface area contributed by atoms with Crippen LogP contribution >= 0.6 is 11.6 Å². The predicted octanol–water partition coefficient (Wildman–Crippen LogP) is 2.57. The van der Waals surface area contributed by atoms with Crippen molar-refractivity contribution >= 4 is 17.3 Å². The van der Waals surface area contributed by atoms with Gasteiger partial charge in [-0.2, -0.15) is 0 Å². The van der Waals surface area contributed by atoms with Crippen LogP contribution in [-0.4, -0.2) is 24.7 Å². The molecule has 1 heterocycles. The van der Waals surface area contributed by atoms with Crippen LogP contribution in [0.3, 0.4) is 0 Å². The third kappa shape index (κ3) is 3.52. The smallest absolute Gasteiger partial charge is 0.152 e. The zero-order valence-corrected chi connectivity index (χ0v) is 9.21. The van der Waals surface area contributed by atoms with Crippen molar-refractivity contribution in [1.82, 2.24) is 4.98 Å². The highest BCUT2D eigenvalue weighted by molar-refractivity contribution is 6.31. The number of ether oxygens (including phenoxy) is 1. The number of rotatable bonds is 5. The summed E-state index contributed by atoms with van der Waals surface area (Å²) in [5.41, 5.74) is 0.873. The summed E-state index contributed by atoms with van der Waals surface area (Å²) in [6, 6.07) is 4.10. The topological polar surface area (TPSA) is 34.1 Å². The number of nitrogens with zero attached hydrogens (tertiary/aromatic N) is 1. The number of aromatic nitrogens is 1. The molecule has 0 aliphatic heterocycles. The molecule has 0 amide bonds. The van der Waals surface area contributed by atoms with Crippen molar-refractivity contribution < 1.29 is 4.74 Å². The highest BCUT2D eigenvalue weighted by Crippen LogP contribution is 2.18. The van der Waals surface area contributed by atoms with Gasteiger partial charge in [-0.25, -0.2) is 4.98 Å². The van der Waals surface area contributed by atoms with Crippen molar-refractivity contribution in [3.05, 3.63) is 23.5 Å². The van der Waals surface area contributed by atoms with E-state index in [4.69, 9.17) is 16.3 Å². The second-order valence-corrected chi connectivity index (χ2v) is 3.53. The molecule has 0 aromatic carbocycles. The molecule has 1 aromatic heterocycles. The van der Waals surface area contributed by atoms with E-state index in [2.05, 4.69) is 17.2 Å². The summed E-state index contributed by atoms with van der Waals surface area (Å²) >= 11 is 5.90. The number of anilines is 1. The number of hydrogen-bond donors (Lipinski definition) is 1.